The van der Waals surface area contributed by atoms with E-state index in [0.29, 0.717) is 31.2 Å². The Kier molecular flexibility index (Phi) is 10.3. The standard InChI is InChI=1S/C18H36N3O2P/c1-7-12-20-13-10-18(17(20)8-2)23-24(22-14-9-11-19)21(15(3)4)16(5)6/h15-18H,7-10,12-14H2,1-6H3/t17-,18-,24?/m0/s1. The summed E-state index contributed by atoms with van der Waals surface area (Å²) in [5.74, 6) is 0. The van der Waals surface area contributed by atoms with Gasteiger partial charge in [0.15, 0.2) is 0 Å². The zero-order valence-corrected chi connectivity index (χ0v) is 17.3. The normalized spacial score (nSPS) is 23.3. The maximum atomic E-state index is 8.81. The zero-order chi connectivity index (χ0) is 18.1. The molecule has 0 bridgehead atoms. The van der Waals surface area contributed by atoms with E-state index < -0.39 is 8.53 Å². The Balaban J connectivity index is 2.81. The number of hydrogen-bond acceptors (Lipinski definition) is 5. The van der Waals surface area contributed by atoms with Gasteiger partial charge in [0, 0.05) is 24.7 Å². The summed E-state index contributed by atoms with van der Waals surface area (Å²) in [6.07, 6.45) is 4.00. The summed E-state index contributed by atoms with van der Waals surface area (Å²) in [7, 11) is -1.13. The van der Waals surface area contributed by atoms with E-state index in [1.54, 1.807) is 0 Å². The first-order chi connectivity index (χ1) is 11.5. The van der Waals surface area contributed by atoms with Gasteiger partial charge in [-0.05, 0) is 53.5 Å². The summed E-state index contributed by atoms with van der Waals surface area (Å²) in [4.78, 5) is 2.56. The van der Waals surface area contributed by atoms with E-state index in [1.807, 2.05) is 0 Å². The van der Waals surface area contributed by atoms with E-state index in [0.717, 1.165) is 25.9 Å². The topological polar surface area (TPSA) is 48.7 Å². The minimum Gasteiger partial charge on any atom is -0.321 e. The third-order valence-electron chi connectivity index (χ3n) is 4.42. The summed E-state index contributed by atoms with van der Waals surface area (Å²) in [5.41, 5.74) is 0. The average molecular weight is 357 g/mol. The van der Waals surface area contributed by atoms with E-state index in [1.165, 1.54) is 6.42 Å². The predicted molar refractivity (Wildman–Crippen MR) is 101 cm³/mol. The molecule has 6 heteroatoms. The van der Waals surface area contributed by atoms with Gasteiger partial charge in [0.05, 0.1) is 25.2 Å². The molecule has 0 aromatic heterocycles. The largest absolute Gasteiger partial charge is 0.321 e. The van der Waals surface area contributed by atoms with Crippen molar-refractivity contribution in [2.45, 2.75) is 91.5 Å². The molecule has 0 aromatic rings. The van der Waals surface area contributed by atoms with E-state index in [4.69, 9.17) is 14.3 Å². The molecule has 1 unspecified atom stereocenters. The quantitative estimate of drug-likeness (QED) is 0.401. The molecule has 0 amide bonds. The van der Waals surface area contributed by atoms with Crippen molar-refractivity contribution < 1.29 is 9.05 Å². The molecule has 1 aliphatic heterocycles. The van der Waals surface area contributed by atoms with E-state index in [-0.39, 0.29) is 6.10 Å². The van der Waals surface area contributed by atoms with Crippen molar-refractivity contribution in [2.75, 3.05) is 19.7 Å². The van der Waals surface area contributed by atoms with Crippen LogP contribution in [0.15, 0.2) is 0 Å². The summed E-state index contributed by atoms with van der Waals surface area (Å²) in [6, 6.07) is 3.35. The Bertz CT molecular complexity index is 379. The summed E-state index contributed by atoms with van der Waals surface area (Å²) in [5, 5.41) is 8.81. The molecule has 3 atom stereocenters. The first-order valence-electron chi connectivity index (χ1n) is 9.45. The Morgan fingerprint density at radius 3 is 2.42 bits per heavy atom. The second kappa shape index (κ2) is 11.4. The molecule has 0 N–H and O–H groups in total. The second-order valence-electron chi connectivity index (χ2n) is 6.99. The van der Waals surface area contributed by atoms with Crippen molar-refractivity contribution in [3.8, 4) is 6.07 Å². The van der Waals surface area contributed by atoms with Crippen molar-refractivity contribution in [2.24, 2.45) is 0 Å². The third kappa shape index (κ3) is 6.24. The second-order valence-corrected chi connectivity index (χ2v) is 8.40. The molecule has 24 heavy (non-hydrogen) atoms. The molecule has 1 aliphatic rings. The van der Waals surface area contributed by atoms with Crippen LogP contribution < -0.4 is 0 Å². The lowest BCUT2D eigenvalue weighted by atomic mass is 10.1. The molecule has 1 saturated heterocycles. The molecular formula is C18H36N3O2P. The fourth-order valence-corrected chi connectivity index (χ4v) is 5.29. The molecule has 0 spiro atoms. The number of nitriles is 1. The molecule has 1 rings (SSSR count). The lowest BCUT2D eigenvalue weighted by Crippen LogP contribution is -2.38. The molecule has 5 nitrogen and oxygen atoms in total. The van der Waals surface area contributed by atoms with Crippen molar-refractivity contribution in [1.29, 1.82) is 5.26 Å². The van der Waals surface area contributed by atoms with Gasteiger partial charge < -0.3 is 9.05 Å². The SMILES string of the molecule is CCCN1CC[C@H](OP(OCCC#N)N(C(C)C)C(C)C)[C@@H]1CC. The minimum absolute atomic E-state index is 0.231. The summed E-state index contributed by atoms with van der Waals surface area (Å²) < 4.78 is 14.9. The van der Waals surface area contributed by atoms with Gasteiger partial charge in [0.25, 0.3) is 8.53 Å². The Morgan fingerprint density at radius 2 is 1.92 bits per heavy atom. The molecule has 0 aliphatic carbocycles. The van der Waals surface area contributed by atoms with E-state index in [2.05, 4.69) is 57.2 Å². The Hall–Kier alpha value is -0.240. The van der Waals surface area contributed by atoms with Crippen LogP contribution in [0, 0.1) is 11.3 Å². The summed E-state index contributed by atoms with van der Waals surface area (Å²) >= 11 is 0. The predicted octanol–water partition coefficient (Wildman–Crippen LogP) is 4.54. The molecular weight excluding hydrogens is 321 g/mol. The first-order valence-corrected chi connectivity index (χ1v) is 10.6. The number of nitrogens with zero attached hydrogens (tertiary/aromatic N) is 3. The van der Waals surface area contributed by atoms with Crippen LogP contribution in [0.3, 0.4) is 0 Å². The van der Waals surface area contributed by atoms with Crippen LogP contribution in [0.5, 0.6) is 0 Å². The minimum atomic E-state index is -1.13. The molecule has 140 valence electrons. The summed E-state index contributed by atoms with van der Waals surface area (Å²) in [6.45, 7) is 15.9. The van der Waals surface area contributed by atoms with Gasteiger partial charge in [-0.25, -0.2) is 4.67 Å². The van der Waals surface area contributed by atoms with Crippen LogP contribution in [0.4, 0.5) is 0 Å². The van der Waals surface area contributed by atoms with Crippen LogP contribution >= 0.6 is 8.53 Å². The van der Waals surface area contributed by atoms with Crippen LogP contribution in [0.25, 0.3) is 0 Å². The number of likely N-dealkylation sites (tertiary alicyclic amines) is 1. The van der Waals surface area contributed by atoms with Crippen LogP contribution in [-0.2, 0) is 9.05 Å². The van der Waals surface area contributed by atoms with Crippen molar-refractivity contribution in [3.63, 3.8) is 0 Å². The van der Waals surface area contributed by atoms with Gasteiger partial charge in [-0.2, -0.15) is 5.26 Å². The van der Waals surface area contributed by atoms with Crippen molar-refractivity contribution in [3.05, 3.63) is 0 Å². The molecule has 1 fully saturated rings. The van der Waals surface area contributed by atoms with Crippen LogP contribution in [0.2, 0.25) is 0 Å². The zero-order valence-electron chi connectivity index (χ0n) is 16.4. The van der Waals surface area contributed by atoms with E-state index in [9.17, 15) is 0 Å². The highest BCUT2D eigenvalue weighted by Gasteiger charge is 2.38. The van der Waals surface area contributed by atoms with Gasteiger partial charge in [0.1, 0.15) is 0 Å². The number of hydrogen-bond donors (Lipinski definition) is 0. The van der Waals surface area contributed by atoms with Crippen molar-refractivity contribution in [1.82, 2.24) is 9.57 Å². The van der Waals surface area contributed by atoms with Crippen molar-refractivity contribution >= 4 is 8.53 Å². The average Bonchev–Trinajstić information content (AvgIpc) is 2.88. The molecule has 1 heterocycles. The fourth-order valence-electron chi connectivity index (χ4n) is 3.51. The lowest BCUT2D eigenvalue weighted by Gasteiger charge is -2.38. The highest BCUT2D eigenvalue weighted by Crippen LogP contribution is 2.49. The Labute approximate surface area is 150 Å². The lowest BCUT2D eigenvalue weighted by molar-refractivity contribution is 0.0985. The molecule has 0 radical (unpaired) electrons. The van der Waals surface area contributed by atoms with Gasteiger partial charge >= 0.3 is 0 Å². The van der Waals surface area contributed by atoms with Crippen LogP contribution in [-0.4, -0.2) is 53.5 Å². The van der Waals surface area contributed by atoms with Gasteiger partial charge in [0.2, 0.25) is 0 Å². The molecule has 0 saturated carbocycles. The number of rotatable bonds is 11. The first kappa shape index (κ1) is 21.8. The molecule has 0 aromatic carbocycles. The van der Waals surface area contributed by atoms with Gasteiger partial charge in [-0.3, -0.25) is 4.90 Å². The maximum absolute atomic E-state index is 8.81. The highest BCUT2D eigenvalue weighted by molar-refractivity contribution is 7.44. The Morgan fingerprint density at radius 1 is 1.25 bits per heavy atom. The van der Waals surface area contributed by atoms with Crippen LogP contribution in [0.1, 0.15) is 67.2 Å². The highest BCUT2D eigenvalue weighted by atomic mass is 31.2. The van der Waals surface area contributed by atoms with Gasteiger partial charge in [-0.15, -0.1) is 0 Å². The third-order valence-corrected chi connectivity index (χ3v) is 6.57. The smallest absolute Gasteiger partial charge is 0.259 e. The fraction of sp³-hybridized carbons (Fsp3) is 0.944. The van der Waals surface area contributed by atoms with Gasteiger partial charge in [-0.1, -0.05) is 13.8 Å². The van der Waals surface area contributed by atoms with E-state index >= 15 is 0 Å². The maximum Gasteiger partial charge on any atom is 0.259 e. The monoisotopic (exact) mass is 357 g/mol.